The number of methoxy groups -OCH3 is 1. The lowest BCUT2D eigenvalue weighted by Gasteiger charge is -2.04. The lowest BCUT2D eigenvalue weighted by Crippen LogP contribution is -2.02. The van der Waals surface area contributed by atoms with Crippen LogP contribution in [0.2, 0.25) is 10.0 Å². The summed E-state index contributed by atoms with van der Waals surface area (Å²) in [5.41, 5.74) is 1.12. The number of halogens is 2. The van der Waals surface area contributed by atoms with Gasteiger partial charge in [0.2, 0.25) is 0 Å². The lowest BCUT2D eigenvalue weighted by molar-refractivity contribution is 0.0601. The zero-order valence-corrected chi connectivity index (χ0v) is 8.74. The summed E-state index contributed by atoms with van der Waals surface area (Å²) in [6, 6.07) is 3.14. The van der Waals surface area contributed by atoms with E-state index in [1.54, 1.807) is 6.07 Å². The molecule has 0 aliphatic carbocycles. The van der Waals surface area contributed by atoms with Crippen LogP contribution in [0.25, 0.3) is 0 Å². The highest BCUT2D eigenvalue weighted by molar-refractivity contribution is 6.36. The monoisotopic (exact) mass is 218 g/mol. The van der Waals surface area contributed by atoms with E-state index in [4.69, 9.17) is 23.2 Å². The van der Waals surface area contributed by atoms with Crippen LogP contribution in [0.4, 0.5) is 0 Å². The van der Waals surface area contributed by atoms with Crippen LogP contribution in [0.15, 0.2) is 12.1 Å². The number of benzene rings is 1. The van der Waals surface area contributed by atoms with Gasteiger partial charge in [0.05, 0.1) is 17.7 Å². The average molecular weight is 219 g/mol. The number of hydrogen-bond acceptors (Lipinski definition) is 2. The van der Waals surface area contributed by atoms with Crippen LogP contribution < -0.4 is 0 Å². The van der Waals surface area contributed by atoms with Crippen molar-refractivity contribution in [1.82, 2.24) is 0 Å². The predicted octanol–water partition coefficient (Wildman–Crippen LogP) is 3.09. The summed E-state index contributed by atoms with van der Waals surface area (Å²) in [6.45, 7) is 1.81. The second kappa shape index (κ2) is 3.99. The number of carbonyl (C=O) groups excluding carboxylic acids is 1. The maximum Gasteiger partial charge on any atom is 0.339 e. The minimum absolute atomic E-state index is 0.291. The first-order chi connectivity index (χ1) is 6.06. The van der Waals surface area contributed by atoms with E-state index in [1.165, 1.54) is 13.2 Å². The fraction of sp³-hybridized carbons (Fsp3) is 0.222. The van der Waals surface area contributed by atoms with Gasteiger partial charge in [-0.2, -0.15) is 0 Å². The molecule has 0 bridgehead atoms. The molecule has 0 unspecified atom stereocenters. The molecular formula is C9H8Cl2O2. The Morgan fingerprint density at radius 1 is 1.31 bits per heavy atom. The van der Waals surface area contributed by atoms with Crippen molar-refractivity contribution < 1.29 is 9.53 Å². The Morgan fingerprint density at radius 2 is 1.92 bits per heavy atom. The number of ether oxygens (including phenoxy) is 1. The van der Waals surface area contributed by atoms with Crippen molar-refractivity contribution in [2.75, 3.05) is 7.11 Å². The van der Waals surface area contributed by atoms with Gasteiger partial charge in [-0.05, 0) is 24.6 Å². The Bertz CT molecular complexity index is 348. The van der Waals surface area contributed by atoms with Crippen LogP contribution in [0.1, 0.15) is 15.9 Å². The molecule has 1 aromatic rings. The van der Waals surface area contributed by atoms with Gasteiger partial charge < -0.3 is 4.74 Å². The summed E-state index contributed by atoms with van der Waals surface area (Å²) in [4.78, 5) is 11.1. The first-order valence-electron chi connectivity index (χ1n) is 3.60. The molecule has 0 saturated carbocycles. The second-order valence-electron chi connectivity index (χ2n) is 2.57. The minimum Gasteiger partial charge on any atom is -0.465 e. The summed E-state index contributed by atoms with van der Waals surface area (Å²) < 4.78 is 4.53. The molecule has 0 N–H and O–H groups in total. The Kier molecular flexibility index (Phi) is 3.17. The van der Waals surface area contributed by atoms with Gasteiger partial charge in [-0.3, -0.25) is 0 Å². The van der Waals surface area contributed by atoms with Gasteiger partial charge in [0.25, 0.3) is 0 Å². The van der Waals surface area contributed by atoms with Crippen molar-refractivity contribution in [3.63, 3.8) is 0 Å². The summed E-state index contributed by atoms with van der Waals surface area (Å²) in [5, 5.41) is 0.860. The molecule has 13 heavy (non-hydrogen) atoms. The van der Waals surface area contributed by atoms with Crippen LogP contribution in [-0.2, 0) is 4.74 Å². The fourth-order valence-corrected chi connectivity index (χ4v) is 1.37. The smallest absolute Gasteiger partial charge is 0.339 e. The third-order valence-corrected chi connectivity index (χ3v) is 2.37. The Balaban J connectivity index is 3.23. The van der Waals surface area contributed by atoms with E-state index in [1.807, 2.05) is 6.92 Å². The first-order valence-corrected chi connectivity index (χ1v) is 4.36. The fourth-order valence-electron chi connectivity index (χ4n) is 0.913. The Labute approximate surface area is 86.4 Å². The van der Waals surface area contributed by atoms with E-state index < -0.39 is 5.97 Å². The van der Waals surface area contributed by atoms with Crippen molar-refractivity contribution in [2.24, 2.45) is 0 Å². The maximum atomic E-state index is 11.1. The third-order valence-electron chi connectivity index (χ3n) is 1.65. The zero-order valence-electron chi connectivity index (χ0n) is 7.23. The van der Waals surface area contributed by atoms with Gasteiger partial charge in [0.15, 0.2) is 0 Å². The van der Waals surface area contributed by atoms with E-state index in [-0.39, 0.29) is 0 Å². The topological polar surface area (TPSA) is 26.3 Å². The van der Waals surface area contributed by atoms with Crippen LogP contribution in [-0.4, -0.2) is 13.1 Å². The van der Waals surface area contributed by atoms with Crippen LogP contribution in [0.3, 0.4) is 0 Å². The van der Waals surface area contributed by atoms with Crippen LogP contribution >= 0.6 is 23.2 Å². The average Bonchev–Trinajstić information content (AvgIpc) is 2.10. The summed E-state index contributed by atoms with van der Waals surface area (Å²) in [7, 11) is 1.30. The molecule has 0 fully saturated rings. The van der Waals surface area contributed by atoms with Gasteiger partial charge in [-0.15, -0.1) is 0 Å². The Hall–Kier alpha value is -0.730. The van der Waals surface area contributed by atoms with Gasteiger partial charge in [-0.1, -0.05) is 23.2 Å². The molecule has 0 heterocycles. The lowest BCUT2D eigenvalue weighted by atomic mass is 10.1. The molecule has 2 nitrogen and oxygen atoms in total. The number of esters is 1. The highest BCUT2D eigenvalue weighted by Crippen LogP contribution is 2.24. The molecular weight excluding hydrogens is 211 g/mol. The molecule has 0 aromatic heterocycles. The molecule has 0 aliphatic rings. The van der Waals surface area contributed by atoms with Gasteiger partial charge in [0.1, 0.15) is 0 Å². The van der Waals surface area contributed by atoms with E-state index in [0.29, 0.717) is 15.6 Å². The molecule has 1 aromatic carbocycles. The largest absolute Gasteiger partial charge is 0.465 e. The van der Waals surface area contributed by atoms with Gasteiger partial charge in [0, 0.05) is 5.02 Å². The summed E-state index contributed by atoms with van der Waals surface area (Å²) in [5.74, 6) is -0.480. The highest BCUT2D eigenvalue weighted by Gasteiger charge is 2.12. The molecule has 0 aliphatic heterocycles. The van der Waals surface area contributed by atoms with Crippen molar-refractivity contribution in [1.29, 1.82) is 0 Å². The predicted molar refractivity (Wildman–Crippen MR) is 52.5 cm³/mol. The molecule has 0 spiro atoms. The van der Waals surface area contributed by atoms with E-state index in [0.717, 1.165) is 5.56 Å². The molecule has 1 rings (SSSR count). The van der Waals surface area contributed by atoms with E-state index >= 15 is 0 Å². The number of carbonyl (C=O) groups is 1. The van der Waals surface area contributed by atoms with E-state index in [9.17, 15) is 4.79 Å². The number of rotatable bonds is 1. The van der Waals surface area contributed by atoms with Gasteiger partial charge in [-0.25, -0.2) is 4.79 Å². The molecule has 0 atom stereocenters. The molecule has 0 saturated heterocycles. The number of hydrogen-bond donors (Lipinski definition) is 0. The second-order valence-corrected chi connectivity index (χ2v) is 3.39. The van der Waals surface area contributed by atoms with Crippen molar-refractivity contribution in [2.45, 2.75) is 6.92 Å². The summed E-state index contributed by atoms with van der Waals surface area (Å²) in [6.07, 6.45) is 0. The first kappa shape index (κ1) is 10.4. The molecule has 4 heteroatoms. The van der Waals surface area contributed by atoms with Crippen molar-refractivity contribution >= 4 is 29.2 Å². The van der Waals surface area contributed by atoms with Crippen LogP contribution in [0, 0.1) is 6.92 Å². The highest BCUT2D eigenvalue weighted by atomic mass is 35.5. The standard InChI is InChI=1S/C9H8Cl2O2/c1-5-3-8(11)6(4-7(5)10)9(12)13-2/h3-4H,1-2H3. The molecule has 70 valence electrons. The zero-order chi connectivity index (χ0) is 10.0. The normalized spacial score (nSPS) is 9.85. The van der Waals surface area contributed by atoms with Gasteiger partial charge >= 0.3 is 5.97 Å². The summed E-state index contributed by atoms with van der Waals surface area (Å²) >= 11 is 11.6. The number of aryl methyl sites for hydroxylation is 1. The van der Waals surface area contributed by atoms with Crippen molar-refractivity contribution in [3.8, 4) is 0 Å². The molecule has 0 radical (unpaired) electrons. The molecule has 0 amide bonds. The van der Waals surface area contributed by atoms with Crippen LogP contribution in [0.5, 0.6) is 0 Å². The quantitative estimate of drug-likeness (QED) is 0.678. The maximum absolute atomic E-state index is 11.1. The van der Waals surface area contributed by atoms with E-state index in [2.05, 4.69) is 4.74 Å². The van der Waals surface area contributed by atoms with Crippen molar-refractivity contribution in [3.05, 3.63) is 33.3 Å². The SMILES string of the molecule is COC(=O)c1cc(Cl)c(C)cc1Cl. The minimum atomic E-state index is -0.480. The third kappa shape index (κ3) is 2.14. The Morgan fingerprint density at radius 3 is 2.46 bits per heavy atom.